The minimum atomic E-state index is -0.662. The van der Waals surface area contributed by atoms with Crippen molar-refractivity contribution in [1.82, 2.24) is 15.8 Å². The predicted molar refractivity (Wildman–Crippen MR) is 76.4 cm³/mol. The maximum atomic E-state index is 13.5. The highest BCUT2D eigenvalue weighted by Crippen LogP contribution is 2.17. The van der Waals surface area contributed by atoms with Crippen molar-refractivity contribution in [3.05, 3.63) is 52.0 Å². The van der Waals surface area contributed by atoms with Gasteiger partial charge in [0, 0.05) is 16.2 Å². The number of carbonyl (C=O) groups excluding carboxylic acids is 2. The Morgan fingerprint density at radius 1 is 1.24 bits per heavy atom. The van der Waals surface area contributed by atoms with Crippen LogP contribution < -0.4 is 15.6 Å². The average Bonchev–Trinajstić information content (AvgIpc) is 2.91. The van der Waals surface area contributed by atoms with Crippen LogP contribution in [-0.4, -0.2) is 23.9 Å². The molecule has 0 bridgehead atoms. The zero-order chi connectivity index (χ0) is 15.4. The van der Waals surface area contributed by atoms with E-state index in [1.807, 2.05) is 0 Å². The van der Waals surface area contributed by atoms with E-state index in [-0.39, 0.29) is 17.0 Å². The lowest BCUT2D eigenvalue weighted by Crippen LogP contribution is -2.41. The van der Waals surface area contributed by atoms with Crippen molar-refractivity contribution >= 4 is 27.7 Å². The Bertz CT molecular complexity index is 687. The molecule has 21 heavy (non-hydrogen) atoms. The minimum absolute atomic E-state index is 0.0341. The summed E-state index contributed by atoms with van der Waals surface area (Å²) in [7, 11) is 1.33. The Labute approximate surface area is 127 Å². The first-order chi connectivity index (χ1) is 10.0. The molecule has 0 unspecified atom stereocenters. The van der Waals surface area contributed by atoms with Crippen molar-refractivity contribution in [1.29, 1.82) is 0 Å². The number of hydrogen-bond acceptors (Lipinski definition) is 3. The predicted octanol–water partition coefficient (Wildman–Crippen LogP) is 2.00. The summed E-state index contributed by atoms with van der Waals surface area (Å²) < 4.78 is 18.9. The van der Waals surface area contributed by atoms with Crippen LogP contribution in [0.2, 0.25) is 0 Å². The van der Waals surface area contributed by atoms with E-state index < -0.39 is 17.6 Å². The first-order valence-corrected chi connectivity index (χ1v) is 6.58. The molecule has 2 aromatic rings. The van der Waals surface area contributed by atoms with Gasteiger partial charge in [0.1, 0.15) is 5.69 Å². The van der Waals surface area contributed by atoms with E-state index >= 15 is 0 Å². The van der Waals surface area contributed by atoms with Gasteiger partial charge in [0.25, 0.3) is 11.8 Å². The largest absolute Gasteiger partial charge is 0.494 e. The molecule has 1 aromatic heterocycles. The second-order valence-corrected chi connectivity index (χ2v) is 4.90. The summed E-state index contributed by atoms with van der Waals surface area (Å²) in [5.74, 6) is -1.80. The van der Waals surface area contributed by atoms with Gasteiger partial charge in [0.15, 0.2) is 11.6 Å². The Hall–Kier alpha value is -2.35. The highest BCUT2D eigenvalue weighted by molar-refractivity contribution is 9.10. The number of aromatic amines is 1. The number of ether oxygens (including phenoxy) is 1. The third kappa shape index (κ3) is 3.60. The number of nitrogens with one attached hydrogen (secondary N) is 3. The van der Waals surface area contributed by atoms with E-state index in [1.54, 1.807) is 12.3 Å². The summed E-state index contributed by atoms with van der Waals surface area (Å²) >= 11 is 3.19. The molecule has 0 spiro atoms. The molecule has 2 rings (SSSR count). The fourth-order valence-electron chi connectivity index (χ4n) is 1.56. The summed E-state index contributed by atoms with van der Waals surface area (Å²) in [4.78, 5) is 26.2. The minimum Gasteiger partial charge on any atom is -0.494 e. The molecule has 0 fully saturated rings. The van der Waals surface area contributed by atoms with Gasteiger partial charge in [-0.3, -0.25) is 20.4 Å². The molecule has 1 aromatic carbocycles. The van der Waals surface area contributed by atoms with E-state index in [1.165, 1.54) is 19.2 Å². The first-order valence-electron chi connectivity index (χ1n) is 5.79. The summed E-state index contributed by atoms with van der Waals surface area (Å²) in [5, 5.41) is 0. The number of halogens is 2. The van der Waals surface area contributed by atoms with Gasteiger partial charge in [-0.2, -0.15) is 0 Å². The van der Waals surface area contributed by atoms with Crippen molar-refractivity contribution < 1.29 is 18.7 Å². The molecule has 0 saturated heterocycles. The number of aromatic nitrogens is 1. The average molecular weight is 356 g/mol. The molecular weight excluding hydrogens is 345 g/mol. The van der Waals surface area contributed by atoms with Crippen molar-refractivity contribution in [3.63, 3.8) is 0 Å². The maximum Gasteiger partial charge on any atom is 0.286 e. The van der Waals surface area contributed by atoms with E-state index in [9.17, 15) is 14.0 Å². The van der Waals surface area contributed by atoms with Crippen molar-refractivity contribution in [2.45, 2.75) is 0 Å². The lowest BCUT2D eigenvalue weighted by molar-refractivity contribution is 0.0844. The summed E-state index contributed by atoms with van der Waals surface area (Å²) in [5.41, 5.74) is 4.73. The Morgan fingerprint density at radius 3 is 2.52 bits per heavy atom. The molecule has 3 N–H and O–H groups in total. The molecule has 0 atom stereocenters. The lowest BCUT2D eigenvalue weighted by Gasteiger charge is -2.07. The van der Waals surface area contributed by atoms with Crippen LogP contribution in [0.3, 0.4) is 0 Å². The second kappa shape index (κ2) is 6.40. The molecule has 0 radical (unpaired) electrons. The number of hydrogen-bond donors (Lipinski definition) is 3. The van der Waals surface area contributed by atoms with Crippen LogP contribution in [0.4, 0.5) is 4.39 Å². The smallest absolute Gasteiger partial charge is 0.286 e. The van der Waals surface area contributed by atoms with Crippen molar-refractivity contribution in [2.24, 2.45) is 0 Å². The van der Waals surface area contributed by atoms with Crippen LogP contribution in [0.1, 0.15) is 20.8 Å². The number of benzene rings is 1. The fraction of sp³-hybridized carbons (Fsp3) is 0.0769. The van der Waals surface area contributed by atoms with Crippen molar-refractivity contribution in [3.8, 4) is 5.75 Å². The lowest BCUT2D eigenvalue weighted by atomic mass is 10.2. The number of amides is 2. The molecule has 1 heterocycles. The zero-order valence-corrected chi connectivity index (χ0v) is 12.5. The third-order valence-electron chi connectivity index (χ3n) is 2.60. The van der Waals surface area contributed by atoms with Crippen LogP contribution in [0.5, 0.6) is 5.75 Å². The summed E-state index contributed by atoms with van der Waals surface area (Å²) in [6.45, 7) is 0. The number of rotatable bonds is 3. The van der Waals surface area contributed by atoms with Crippen LogP contribution in [-0.2, 0) is 0 Å². The SMILES string of the molecule is COc1ccc(C(=O)NNC(=O)c2cc(Br)c[nH]2)cc1F. The van der Waals surface area contributed by atoms with Gasteiger partial charge in [-0.15, -0.1) is 0 Å². The van der Waals surface area contributed by atoms with E-state index in [0.29, 0.717) is 4.47 Å². The molecule has 0 aliphatic heterocycles. The summed E-state index contributed by atoms with van der Waals surface area (Å²) in [6.07, 6.45) is 1.58. The van der Waals surface area contributed by atoms with Crippen LogP contribution in [0.25, 0.3) is 0 Å². The topological polar surface area (TPSA) is 83.2 Å². The molecule has 0 aliphatic carbocycles. The van der Waals surface area contributed by atoms with E-state index in [0.717, 1.165) is 6.07 Å². The fourth-order valence-corrected chi connectivity index (χ4v) is 1.90. The number of hydrazine groups is 1. The normalized spacial score (nSPS) is 10.0. The Morgan fingerprint density at radius 2 is 1.95 bits per heavy atom. The number of carbonyl (C=O) groups is 2. The molecule has 110 valence electrons. The Balaban J connectivity index is 1.98. The molecular formula is C13H11BrFN3O3. The van der Waals surface area contributed by atoms with Gasteiger partial charge < -0.3 is 9.72 Å². The van der Waals surface area contributed by atoms with E-state index in [2.05, 4.69) is 31.8 Å². The zero-order valence-electron chi connectivity index (χ0n) is 10.9. The molecule has 6 nitrogen and oxygen atoms in total. The highest BCUT2D eigenvalue weighted by atomic mass is 79.9. The Kier molecular flexibility index (Phi) is 4.59. The maximum absolute atomic E-state index is 13.5. The van der Waals surface area contributed by atoms with Crippen LogP contribution in [0.15, 0.2) is 34.9 Å². The quantitative estimate of drug-likeness (QED) is 0.736. The van der Waals surface area contributed by atoms with Crippen LogP contribution >= 0.6 is 15.9 Å². The molecule has 2 amide bonds. The second-order valence-electron chi connectivity index (χ2n) is 3.99. The standard InChI is InChI=1S/C13H11BrFN3O3/c1-21-11-3-2-7(4-9(11)15)12(19)17-18-13(20)10-5-8(14)6-16-10/h2-6,16H,1H3,(H,17,19)(H,18,20). The summed E-state index contributed by atoms with van der Waals surface area (Å²) in [6, 6.07) is 5.28. The van der Waals surface area contributed by atoms with Gasteiger partial charge in [-0.1, -0.05) is 0 Å². The highest BCUT2D eigenvalue weighted by Gasteiger charge is 2.12. The van der Waals surface area contributed by atoms with Gasteiger partial charge in [0.2, 0.25) is 0 Å². The number of methoxy groups -OCH3 is 1. The monoisotopic (exact) mass is 355 g/mol. The van der Waals surface area contributed by atoms with Crippen molar-refractivity contribution in [2.75, 3.05) is 7.11 Å². The molecule has 0 saturated carbocycles. The number of H-pyrrole nitrogens is 1. The molecule has 8 heteroatoms. The first kappa shape index (κ1) is 15.0. The van der Waals surface area contributed by atoms with E-state index in [4.69, 9.17) is 4.74 Å². The van der Waals surface area contributed by atoms with Gasteiger partial charge in [-0.25, -0.2) is 4.39 Å². The van der Waals surface area contributed by atoms with Gasteiger partial charge in [0.05, 0.1) is 7.11 Å². The van der Waals surface area contributed by atoms with Gasteiger partial charge >= 0.3 is 0 Å². The van der Waals surface area contributed by atoms with Crippen LogP contribution in [0, 0.1) is 5.82 Å². The van der Waals surface area contributed by atoms with Gasteiger partial charge in [-0.05, 0) is 40.2 Å². The molecule has 0 aliphatic rings. The third-order valence-corrected chi connectivity index (χ3v) is 3.05.